The van der Waals surface area contributed by atoms with Gasteiger partial charge in [0.15, 0.2) is 0 Å². The zero-order valence-electron chi connectivity index (χ0n) is 31.9. The first kappa shape index (κ1) is 35.7. The molecule has 0 aliphatic carbocycles. The Morgan fingerprint density at radius 2 is 1.08 bits per heavy atom. The molecule has 0 radical (unpaired) electrons. The van der Waals surface area contributed by atoms with Gasteiger partial charge in [0.2, 0.25) is 0 Å². The first-order valence-corrected chi connectivity index (χ1v) is 20.6. The second-order valence-electron chi connectivity index (χ2n) is 14.3. The van der Waals surface area contributed by atoms with Gasteiger partial charge in [-0.25, -0.2) is 9.97 Å². The molecule has 0 bridgehead atoms. The van der Waals surface area contributed by atoms with Crippen molar-refractivity contribution in [2.75, 3.05) is 0 Å². The molecule has 288 valence electrons. The van der Waals surface area contributed by atoms with Crippen LogP contribution in [0.4, 0.5) is 0 Å². The van der Waals surface area contributed by atoms with Crippen LogP contribution in [0, 0.1) is 15.9 Å². The number of benzene rings is 7. The number of aromatic nitrogens is 6. The summed E-state index contributed by atoms with van der Waals surface area (Å²) in [7, 11) is 0. The van der Waals surface area contributed by atoms with Crippen LogP contribution in [0.2, 0.25) is 0 Å². The number of nitrogens with zero attached hydrogens (tertiary/aromatic N) is 6. The first-order chi connectivity index (χ1) is 29.7. The molecule has 0 saturated heterocycles. The van der Waals surface area contributed by atoms with Crippen molar-refractivity contribution in [3.05, 3.63) is 211 Å². The molecule has 0 unspecified atom stereocenters. The Morgan fingerprint density at radius 1 is 0.450 bits per heavy atom. The molecule has 60 heavy (non-hydrogen) atoms. The van der Waals surface area contributed by atoms with E-state index in [0.717, 1.165) is 87.2 Å². The second-order valence-corrected chi connectivity index (χ2v) is 15.3. The third-order valence-corrected chi connectivity index (χ3v) is 11.8. The van der Waals surface area contributed by atoms with Gasteiger partial charge in [0.25, 0.3) is 0 Å². The van der Waals surface area contributed by atoms with Crippen molar-refractivity contribution in [2.45, 2.75) is 0 Å². The van der Waals surface area contributed by atoms with E-state index in [2.05, 4.69) is 189 Å². The summed E-state index contributed by atoms with van der Waals surface area (Å²) in [6, 6.07) is 66.1. The van der Waals surface area contributed by atoms with Crippen LogP contribution in [0.5, 0.6) is 11.5 Å². The van der Waals surface area contributed by atoms with Gasteiger partial charge < -0.3 is 0 Å². The minimum absolute atomic E-state index is 0.574. The molecule has 4 heterocycles. The molecule has 0 aliphatic heterocycles. The summed E-state index contributed by atoms with van der Waals surface area (Å²) in [5, 5.41) is 2.17. The summed E-state index contributed by atoms with van der Waals surface area (Å²) >= 11 is 2.46. The molecule has 0 spiro atoms. The number of fused-ring (bicyclic) bond motifs is 4. The third-order valence-electron chi connectivity index (χ3n) is 10.8. The van der Waals surface area contributed by atoms with Crippen LogP contribution in [-0.4, -0.2) is 28.7 Å². The van der Waals surface area contributed by atoms with Crippen LogP contribution in [0.3, 0.4) is 0 Å². The number of hydrogen-bond donors (Lipinski definition) is 0. The first-order valence-electron chi connectivity index (χ1n) is 19.5. The van der Waals surface area contributed by atoms with Crippen molar-refractivity contribution in [2.24, 2.45) is 0 Å². The monoisotopic (exact) mass is 951 g/mol. The molecule has 0 aliphatic rings. The molecule has 7 nitrogen and oxygen atoms in total. The predicted octanol–water partition coefficient (Wildman–Crippen LogP) is 12.2. The second kappa shape index (κ2) is 15.0. The fourth-order valence-corrected chi connectivity index (χ4v) is 9.17. The predicted molar refractivity (Wildman–Crippen MR) is 234 cm³/mol. The maximum absolute atomic E-state index is 6.63. The summed E-state index contributed by atoms with van der Waals surface area (Å²) in [6.45, 7) is 0. The van der Waals surface area contributed by atoms with Crippen LogP contribution in [-0.2, 0) is 19.4 Å². The van der Waals surface area contributed by atoms with Gasteiger partial charge in [-0.3, -0.25) is 0 Å². The van der Waals surface area contributed by atoms with E-state index in [1.165, 1.54) is 6.33 Å². The van der Waals surface area contributed by atoms with Gasteiger partial charge in [-0.1, -0.05) is 12.1 Å². The van der Waals surface area contributed by atoms with Gasteiger partial charge in [-0.05, 0) is 6.07 Å². The molecule has 0 atom stereocenters. The molecule has 7 aromatic carbocycles. The van der Waals surface area contributed by atoms with Crippen molar-refractivity contribution >= 4 is 32.8 Å². The summed E-state index contributed by atoms with van der Waals surface area (Å²) < 4.78 is 14.4. The Hall–Kier alpha value is -7.47. The number of para-hydroxylation sites is 4. The molecule has 0 N–H and O–H groups in total. The summed E-state index contributed by atoms with van der Waals surface area (Å²) in [5.74, 6) is 1.92. The molecular formula is C52H32N6OPt-2. The maximum atomic E-state index is 6.63. The molecule has 11 rings (SSSR count). The molecular weight excluding hydrogens is 920 g/mol. The van der Waals surface area contributed by atoms with E-state index in [1.54, 1.807) is 12.4 Å². The van der Waals surface area contributed by atoms with E-state index in [-0.39, 0.29) is 0 Å². The van der Waals surface area contributed by atoms with Gasteiger partial charge in [0.05, 0.1) is 0 Å². The Balaban J connectivity index is 1.02. The van der Waals surface area contributed by atoms with Crippen molar-refractivity contribution in [3.8, 4) is 62.1 Å². The number of hydrogen-bond acceptors (Lipinski definition) is 4. The van der Waals surface area contributed by atoms with Crippen molar-refractivity contribution in [1.29, 1.82) is 0 Å². The van der Waals surface area contributed by atoms with E-state index in [4.69, 9.17) is 9.72 Å². The van der Waals surface area contributed by atoms with Gasteiger partial charge >= 0.3 is 294 Å². The van der Waals surface area contributed by atoms with Crippen LogP contribution in [0.15, 0.2) is 195 Å². The molecule has 0 fully saturated rings. The summed E-state index contributed by atoms with van der Waals surface area (Å²) in [5.41, 5.74) is 12.4. The Kier molecular flexibility index (Phi) is 8.94. The van der Waals surface area contributed by atoms with E-state index >= 15 is 0 Å². The van der Waals surface area contributed by atoms with Crippen LogP contribution < -0.4 is 4.74 Å². The summed E-state index contributed by atoms with van der Waals surface area (Å²) in [6.07, 6.45) is 6.96. The van der Waals surface area contributed by atoms with E-state index in [1.807, 2.05) is 42.6 Å². The summed E-state index contributed by atoms with van der Waals surface area (Å²) in [4.78, 5) is 13.2. The quantitative estimate of drug-likeness (QED) is 0.142. The topological polar surface area (TPSA) is 62.7 Å². The van der Waals surface area contributed by atoms with Gasteiger partial charge in [0.1, 0.15) is 6.33 Å². The normalized spacial score (nSPS) is 11.4. The Bertz CT molecular complexity index is 3350. The van der Waals surface area contributed by atoms with Crippen LogP contribution in [0.1, 0.15) is 0 Å². The van der Waals surface area contributed by atoms with E-state index in [9.17, 15) is 0 Å². The molecule has 4 aromatic heterocycles. The van der Waals surface area contributed by atoms with Crippen molar-refractivity contribution in [3.63, 3.8) is 0 Å². The fraction of sp³-hybridized carbons (Fsp3) is 0. The average molecular weight is 952 g/mol. The molecule has 11 aromatic rings. The number of ether oxygens (including phenoxy) is 1. The Morgan fingerprint density at radius 3 is 1.78 bits per heavy atom. The van der Waals surface area contributed by atoms with Gasteiger partial charge in [-0.2, -0.15) is 0 Å². The zero-order valence-corrected chi connectivity index (χ0v) is 34.2. The van der Waals surface area contributed by atoms with Crippen molar-refractivity contribution < 1.29 is 24.1 Å². The van der Waals surface area contributed by atoms with E-state index < -0.39 is 0 Å². The Labute approximate surface area is 356 Å². The number of pyridine rings is 1. The molecule has 8 heteroatoms. The molecule has 0 saturated carbocycles. The average Bonchev–Trinajstić information content (AvgIpc) is 3.80. The van der Waals surface area contributed by atoms with Gasteiger partial charge in [0, 0.05) is 29.7 Å². The van der Waals surface area contributed by atoms with Gasteiger partial charge in [-0.15, -0.1) is 0 Å². The number of rotatable bonds is 8. The van der Waals surface area contributed by atoms with Crippen molar-refractivity contribution in [1.82, 2.24) is 28.7 Å². The fourth-order valence-electron chi connectivity index (χ4n) is 8.09. The molecule has 0 amide bonds. The standard InChI is InChI=1S/C52H32N6O.Pt/c1-3-13-36(14-4-1)43-20-12-21-44(37-15-5-2-6-16-37)52(43)57-35-56(48-23-9-10-24-49(48)57)40-17-11-18-41(29-40)59-42-26-27-46-45-19-7-8-22-47(45)58(50(46)30-42)51-28-25-38(33-55-51)39-31-53-34-54-32-39;/h1-28,31-34H;/q-2;. The van der Waals surface area contributed by atoms with E-state index in [0.29, 0.717) is 11.5 Å². The third kappa shape index (κ3) is 6.19. The minimum atomic E-state index is 0.574. The number of imidazole rings is 1. The van der Waals surface area contributed by atoms with Crippen LogP contribution in [0.25, 0.3) is 83.4 Å². The zero-order chi connectivity index (χ0) is 40.0. The van der Waals surface area contributed by atoms with Crippen LogP contribution >= 0.6 is 0 Å². The SMILES string of the molecule is [Pt]=[c]1n(-c2[c-]c(Oc3[c-]c4c(cc3)c3ccccc3n4-c3ccc(-c4cncnc4)cn3)ccc2)c2ccccc2n1-c1c(-c2ccccc2)cccc1-c1ccccc1.